The lowest BCUT2D eigenvalue weighted by molar-refractivity contribution is 0.0490. The van der Waals surface area contributed by atoms with Gasteiger partial charge in [-0.05, 0) is 19.3 Å². The summed E-state index contributed by atoms with van der Waals surface area (Å²) < 4.78 is 0. The van der Waals surface area contributed by atoms with Crippen molar-refractivity contribution in [1.82, 2.24) is 11.1 Å². The molecule has 1 saturated heterocycles. The monoisotopic (exact) mass is 278 g/mol. The van der Waals surface area contributed by atoms with Crippen molar-refractivity contribution < 1.29 is 5.11 Å². The summed E-state index contributed by atoms with van der Waals surface area (Å²) in [5, 5.41) is 9.51. The van der Waals surface area contributed by atoms with Gasteiger partial charge in [0.2, 0.25) is 0 Å². The molecular formula is C11H23BrN2O. The van der Waals surface area contributed by atoms with Crippen molar-refractivity contribution in [1.29, 1.82) is 0 Å². The number of hydrogen-bond acceptors (Lipinski definition) is 3. The number of likely N-dealkylation sites (tertiary alicyclic amines) is 1. The van der Waals surface area contributed by atoms with Crippen molar-refractivity contribution in [3.05, 3.63) is 25.3 Å². The highest BCUT2D eigenvalue weighted by Gasteiger charge is 2.25. The second kappa shape index (κ2) is 9.09. The fraction of sp³-hybridized carbons (Fsp3) is 0.636. The minimum Gasteiger partial charge on any atom is -0.393 e. The molecule has 0 aromatic rings. The Morgan fingerprint density at radius 3 is 2.53 bits per heavy atom. The molecule has 0 spiro atoms. The molecule has 1 rings (SSSR count). The molecule has 1 aliphatic heterocycles. The van der Waals surface area contributed by atoms with Gasteiger partial charge in [0.05, 0.1) is 6.10 Å². The van der Waals surface area contributed by atoms with Crippen LogP contribution in [0.25, 0.3) is 0 Å². The highest BCUT2D eigenvalue weighted by atomic mass is 79.9. The molecule has 2 unspecified atom stereocenters. The maximum atomic E-state index is 9.51. The Morgan fingerprint density at radius 1 is 1.33 bits per heavy atom. The average Bonchev–Trinajstić information content (AvgIpc) is 2.10. The molecule has 4 N–H and O–H groups in total. The van der Waals surface area contributed by atoms with Gasteiger partial charge >= 0.3 is 0 Å². The summed E-state index contributed by atoms with van der Waals surface area (Å²) in [6.07, 6.45) is 6.46. The highest BCUT2D eigenvalue weighted by Crippen LogP contribution is 2.19. The third kappa shape index (κ3) is 5.47. The highest BCUT2D eigenvalue weighted by molar-refractivity contribution is 8.93. The topological polar surface area (TPSA) is 58.5 Å². The lowest BCUT2D eigenvalue weighted by Gasteiger charge is -2.36. The van der Waals surface area contributed by atoms with Crippen LogP contribution in [0.3, 0.4) is 0 Å². The first kappa shape index (κ1) is 17.2. The average molecular weight is 279 g/mol. The Balaban J connectivity index is 0. The number of halogens is 1. The first-order chi connectivity index (χ1) is 6.27. The van der Waals surface area contributed by atoms with E-state index in [1.165, 1.54) is 0 Å². The predicted octanol–water partition coefficient (Wildman–Crippen LogP) is 2.31. The molecule has 1 fully saturated rings. The van der Waals surface area contributed by atoms with Crippen molar-refractivity contribution in [2.24, 2.45) is 0 Å². The molecule has 1 heterocycles. The second-order valence-electron chi connectivity index (χ2n) is 3.64. The number of piperidine rings is 1. The van der Waals surface area contributed by atoms with Crippen molar-refractivity contribution in [3.63, 3.8) is 0 Å². The van der Waals surface area contributed by atoms with Crippen LogP contribution in [0.1, 0.15) is 19.3 Å². The van der Waals surface area contributed by atoms with E-state index in [4.69, 9.17) is 0 Å². The largest absolute Gasteiger partial charge is 0.393 e. The minimum absolute atomic E-state index is 0. The van der Waals surface area contributed by atoms with Crippen LogP contribution in [0.15, 0.2) is 25.3 Å². The first-order valence-electron chi connectivity index (χ1n) is 4.91. The van der Waals surface area contributed by atoms with Crippen LogP contribution >= 0.6 is 17.0 Å². The van der Waals surface area contributed by atoms with E-state index in [1.807, 2.05) is 12.2 Å². The third-order valence-electron chi connectivity index (χ3n) is 2.61. The van der Waals surface area contributed by atoms with Crippen molar-refractivity contribution >= 4 is 17.0 Å². The first-order valence-corrected chi connectivity index (χ1v) is 4.91. The Labute approximate surface area is 103 Å². The Morgan fingerprint density at radius 2 is 2.00 bits per heavy atom. The normalized spacial score (nSPS) is 25.9. The molecule has 2 atom stereocenters. The summed E-state index contributed by atoms with van der Waals surface area (Å²) in [5.41, 5.74) is 0. The van der Waals surface area contributed by atoms with Gasteiger partial charge in [-0.25, -0.2) is 0 Å². The van der Waals surface area contributed by atoms with E-state index in [9.17, 15) is 5.11 Å². The maximum absolute atomic E-state index is 9.51. The smallest absolute Gasteiger partial charge is 0.0567 e. The van der Waals surface area contributed by atoms with E-state index in [0.717, 1.165) is 32.4 Å². The molecule has 0 aliphatic carbocycles. The number of aliphatic hydroxyl groups is 1. The molecule has 90 valence electrons. The van der Waals surface area contributed by atoms with Crippen LogP contribution in [0.5, 0.6) is 0 Å². The minimum atomic E-state index is -0.119. The zero-order valence-electron chi connectivity index (χ0n) is 9.27. The summed E-state index contributed by atoms with van der Waals surface area (Å²) in [7, 11) is 0. The summed E-state index contributed by atoms with van der Waals surface area (Å²) >= 11 is 0. The second-order valence-corrected chi connectivity index (χ2v) is 3.64. The molecule has 0 saturated carbocycles. The standard InChI is InChI=1S/C11H19NO.BrH.H3N/c1-3-5-10-9-11(13)6-8-12(10)7-4-2;;/h3-4,10-11,13H,1-2,5-9H2;1H;1H3. The van der Waals surface area contributed by atoms with Gasteiger partial charge in [-0.15, -0.1) is 30.1 Å². The summed E-state index contributed by atoms with van der Waals surface area (Å²) in [4.78, 5) is 2.36. The van der Waals surface area contributed by atoms with Gasteiger partial charge in [0.1, 0.15) is 0 Å². The van der Waals surface area contributed by atoms with Gasteiger partial charge in [-0.2, -0.15) is 0 Å². The molecule has 4 heteroatoms. The van der Waals surface area contributed by atoms with Crippen LogP contribution in [0.4, 0.5) is 0 Å². The van der Waals surface area contributed by atoms with E-state index in [-0.39, 0.29) is 29.2 Å². The van der Waals surface area contributed by atoms with E-state index in [2.05, 4.69) is 18.1 Å². The molecule has 0 amide bonds. The number of rotatable bonds is 4. The number of aliphatic hydroxyl groups excluding tert-OH is 1. The molecule has 0 aromatic heterocycles. The van der Waals surface area contributed by atoms with Crippen molar-refractivity contribution in [3.8, 4) is 0 Å². The van der Waals surface area contributed by atoms with Crippen LogP contribution in [0, 0.1) is 0 Å². The SMILES string of the molecule is Br.C=CCC1CC(O)CCN1CC=C.N. The zero-order valence-corrected chi connectivity index (χ0v) is 11.0. The van der Waals surface area contributed by atoms with Gasteiger partial charge in [0.25, 0.3) is 0 Å². The molecule has 15 heavy (non-hydrogen) atoms. The molecule has 0 radical (unpaired) electrons. The van der Waals surface area contributed by atoms with Crippen LogP contribution in [0.2, 0.25) is 0 Å². The van der Waals surface area contributed by atoms with Crippen LogP contribution in [-0.2, 0) is 0 Å². The van der Waals surface area contributed by atoms with Crippen molar-refractivity contribution in [2.45, 2.75) is 31.4 Å². The molecule has 3 nitrogen and oxygen atoms in total. The van der Waals surface area contributed by atoms with Crippen molar-refractivity contribution in [2.75, 3.05) is 13.1 Å². The van der Waals surface area contributed by atoms with Gasteiger partial charge in [0, 0.05) is 19.1 Å². The fourth-order valence-electron chi connectivity index (χ4n) is 1.92. The molecular weight excluding hydrogens is 256 g/mol. The molecule has 1 aliphatic rings. The van der Waals surface area contributed by atoms with Gasteiger partial charge < -0.3 is 11.3 Å². The molecule has 0 aromatic carbocycles. The zero-order chi connectivity index (χ0) is 9.68. The number of nitrogens with zero attached hydrogens (tertiary/aromatic N) is 1. The maximum Gasteiger partial charge on any atom is 0.0567 e. The van der Waals surface area contributed by atoms with E-state index in [1.54, 1.807) is 0 Å². The van der Waals surface area contributed by atoms with E-state index < -0.39 is 0 Å². The Hall–Kier alpha value is -0.160. The van der Waals surface area contributed by atoms with Gasteiger partial charge in [-0.1, -0.05) is 12.2 Å². The van der Waals surface area contributed by atoms with Crippen LogP contribution in [-0.4, -0.2) is 35.2 Å². The fourth-order valence-corrected chi connectivity index (χ4v) is 1.92. The van der Waals surface area contributed by atoms with E-state index >= 15 is 0 Å². The predicted molar refractivity (Wildman–Crippen MR) is 71.0 cm³/mol. The Bertz CT molecular complexity index is 187. The summed E-state index contributed by atoms with van der Waals surface area (Å²) in [6, 6.07) is 0.458. The number of hydrogen-bond donors (Lipinski definition) is 2. The summed E-state index contributed by atoms with van der Waals surface area (Å²) in [6.45, 7) is 9.38. The lowest BCUT2D eigenvalue weighted by atomic mass is 9.97. The van der Waals surface area contributed by atoms with E-state index in [0.29, 0.717) is 6.04 Å². The molecule has 0 bridgehead atoms. The third-order valence-corrected chi connectivity index (χ3v) is 2.61. The lowest BCUT2D eigenvalue weighted by Crippen LogP contribution is -2.43. The Kier molecular flexibility index (Phi) is 10.5. The van der Waals surface area contributed by atoms with Gasteiger partial charge in [-0.3, -0.25) is 4.90 Å². The summed E-state index contributed by atoms with van der Waals surface area (Å²) in [5.74, 6) is 0. The van der Waals surface area contributed by atoms with Crippen LogP contribution < -0.4 is 6.15 Å². The quantitative estimate of drug-likeness (QED) is 0.776. The van der Waals surface area contributed by atoms with Gasteiger partial charge in [0.15, 0.2) is 0 Å².